The third kappa shape index (κ3) is 4.96. The minimum absolute atomic E-state index is 0.00551. The minimum Gasteiger partial charge on any atom is -0.362 e. The third-order valence-electron chi connectivity index (χ3n) is 7.38. The second kappa shape index (κ2) is 10.6. The van der Waals surface area contributed by atoms with E-state index in [9.17, 15) is 8.78 Å². The number of aliphatic imine (C=N–C) groups is 1. The molecule has 4 heterocycles. The average molecular weight is 521 g/mol. The van der Waals surface area contributed by atoms with Gasteiger partial charge in [0.25, 0.3) is 0 Å². The number of nitrogens with zero attached hydrogens (tertiary/aromatic N) is 6. The molecule has 2 aromatic heterocycles. The van der Waals surface area contributed by atoms with Crippen LogP contribution in [0.5, 0.6) is 0 Å². The van der Waals surface area contributed by atoms with E-state index < -0.39 is 11.6 Å². The van der Waals surface area contributed by atoms with E-state index in [2.05, 4.69) is 30.7 Å². The molecule has 2 aromatic carbocycles. The molecular formula is C31H26F2N6. The Hall–Kier alpha value is -4.64. The van der Waals surface area contributed by atoms with Gasteiger partial charge in [0, 0.05) is 49.8 Å². The molecule has 6 nitrogen and oxygen atoms in total. The fourth-order valence-electron chi connectivity index (χ4n) is 5.30. The van der Waals surface area contributed by atoms with Crippen LogP contribution in [0.25, 0.3) is 16.0 Å². The van der Waals surface area contributed by atoms with Gasteiger partial charge in [-0.05, 0) is 48.2 Å². The molecule has 2 aliphatic heterocycles. The monoisotopic (exact) mass is 520 g/mol. The van der Waals surface area contributed by atoms with Crippen LogP contribution in [-0.2, 0) is 0 Å². The van der Waals surface area contributed by atoms with E-state index in [1.54, 1.807) is 18.3 Å². The van der Waals surface area contributed by atoms with Crippen molar-refractivity contribution in [2.45, 2.75) is 18.9 Å². The largest absolute Gasteiger partial charge is 0.362 e. The summed E-state index contributed by atoms with van der Waals surface area (Å²) in [4.78, 5) is 21.8. The first kappa shape index (κ1) is 24.7. The van der Waals surface area contributed by atoms with Crippen LogP contribution in [0.4, 0.5) is 26.1 Å². The molecule has 39 heavy (non-hydrogen) atoms. The standard InChI is InChI=1S/C31H26F2N6/c1-34-28-6-3-15-35-31(28)39-18-16-38(17-19-39)29-14-11-23(20-36-29)21-7-9-22(10-8-21)26-12-13-27(37-26)30-24(32)4-2-5-25(30)33/h2-11,14-15,20,26H,12-13,16-19H2. The zero-order valence-electron chi connectivity index (χ0n) is 21.3. The Labute approximate surface area is 226 Å². The molecule has 0 amide bonds. The first-order chi connectivity index (χ1) is 19.1. The Morgan fingerprint density at radius 3 is 2.21 bits per heavy atom. The molecule has 1 fully saturated rings. The van der Waals surface area contributed by atoms with E-state index in [1.807, 2.05) is 36.5 Å². The Kier molecular flexibility index (Phi) is 6.72. The first-order valence-electron chi connectivity index (χ1n) is 13.0. The zero-order chi connectivity index (χ0) is 26.8. The quantitative estimate of drug-likeness (QED) is 0.278. The maximum atomic E-state index is 14.2. The Bertz CT molecular complexity index is 1530. The molecule has 194 valence electrons. The molecule has 0 spiro atoms. The SMILES string of the molecule is [C-]#[N+]c1cccnc1N1CCN(c2ccc(-c3ccc(C4CCC(c5c(F)cccc5F)=N4)cc3)cn2)CC1. The normalized spacial score (nSPS) is 17.2. The van der Waals surface area contributed by atoms with Crippen LogP contribution in [0.3, 0.4) is 0 Å². The van der Waals surface area contributed by atoms with Crippen molar-refractivity contribution in [3.8, 4) is 11.1 Å². The second-order valence-electron chi connectivity index (χ2n) is 9.69. The molecule has 1 atom stereocenters. The maximum Gasteiger partial charge on any atom is 0.228 e. The van der Waals surface area contributed by atoms with E-state index in [0.717, 1.165) is 60.9 Å². The summed E-state index contributed by atoms with van der Waals surface area (Å²) in [5.74, 6) is 0.544. The summed E-state index contributed by atoms with van der Waals surface area (Å²) in [5.41, 5.74) is 4.16. The van der Waals surface area contributed by atoms with Crippen molar-refractivity contribution in [3.63, 3.8) is 0 Å². The highest BCUT2D eigenvalue weighted by molar-refractivity contribution is 6.02. The molecule has 0 radical (unpaired) electrons. The summed E-state index contributed by atoms with van der Waals surface area (Å²) in [6.07, 6.45) is 4.89. The minimum atomic E-state index is -0.565. The molecule has 4 aromatic rings. The second-order valence-corrected chi connectivity index (χ2v) is 9.69. The molecule has 1 saturated heterocycles. The molecule has 0 N–H and O–H groups in total. The molecule has 0 bridgehead atoms. The summed E-state index contributed by atoms with van der Waals surface area (Å²) in [6.45, 7) is 10.5. The van der Waals surface area contributed by atoms with E-state index >= 15 is 0 Å². The van der Waals surface area contributed by atoms with E-state index in [0.29, 0.717) is 17.8 Å². The van der Waals surface area contributed by atoms with Gasteiger partial charge in [-0.3, -0.25) is 9.98 Å². The molecular weight excluding hydrogens is 494 g/mol. The lowest BCUT2D eigenvalue weighted by atomic mass is 10.00. The van der Waals surface area contributed by atoms with Crippen molar-refractivity contribution in [1.82, 2.24) is 9.97 Å². The van der Waals surface area contributed by atoms with Crippen LogP contribution in [0.1, 0.15) is 30.0 Å². The van der Waals surface area contributed by atoms with E-state index in [1.165, 1.54) is 18.2 Å². The van der Waals surface area contributed by atoms with Gasteiger partial charge >= 0.3 is 0 Å². The summed E-state index contributed by atoms with van der Waals surface area (Å²) in [7, 11) is 0. The topological polar surface area (TPSA) is 49.0 Å². The van der Waals surface area contributed by atoms with E-state index in [4.69, 9.17) is 11.6 Å². The fraction of sp³-hybridized carbons (Fsp3) is 0.226. The van der Waals surface area contributed by atoms with Crippen molar-refractivity contribution >= 4 is 23.0 Å². The maximum absolute atomic E-state index is 14.2. The molecule has 2 aliphatic rings. The van der Waals surface area contributed by atoms with Crippen molar-refractivity contribution in [2.24, 2.45) is 4.99 Å². The van der Waals surface area contributed by atoms with Gasteiger partial charge in [-0.1, -0.05) is 42.5 Å². The Morgan fingerprint density at radius 1 is 0.795 bits per heavy atom. The van der Waals surface area contributed by atoms with Crippen molar-refractivity contribution in [2.75, 3.05) is 36.0 Å². The van der Waals surface area contributed by atoms with Crippen LogP contribution < -0.4 is 9.80 Å². The van der Waals surface area contributed by atoms with Gasteiger partial charge in [0.2, 0.25) is 5.69 Å². The number of hydrogen-bond acceptors (Lipinski definition) is 5. The van der Waals surface area contributed by atoms with Crippen LogP contribution in [0.15, 0.2) is 84.1 Å². The highest BCUT2D eigenvalue weighted by Gasteiger charge is 2.25. The summed E-state index contributed by atoms with van der Waals surface area (Å²) >= 11 is 0. The molecule has 1 unspecified atom stereocenters. The van der Waals surface area contributed by atoms with Gasteiger partial charge in [-0.15, -0.1) is 0 Å². The predicted octanol–water partition coefficient (Wildman–Crippen LogP) is 6.62. The first-order valence-corrected chi connectivity index (χ1v) is 13.0. The highest BCUT2D eigenvalue weighted by atomic mass is 19.1. The smallest absolute Gasteiger partial charge is 0.228 e. The van der Waals surface area contributed by atoms with Crippen molar-refractivity contribution in [3.05, 3.63) is 113 Å². The number of rotatable bonds is 5. The van der Waals surface area contributed by atoms with Gasteiger partial charge in [0.1, 0.15) is 23.3 Å². The molecule has 0 saturated carbocycles. The molecule has 8 heteroatoms. The lowest BCUT2D eigenvalue weighted by Gasteiger charge is -2.36. The number of anilines is 2. The van der Waals surface area contributed by atoms with Crippen LogP contribution in [0, 0.1) is 18.2 Å². The summed E-state index contributed by atoms with van der Waals surface area (Å²) in [5, 5.41) is 0. The Balaban J connectivity index is 1.10. The average Bonchev–Trinajstić information content (AvgIpc) is 3.47. The van der Waals surface area contributed by atoms with Gasteiger partial charge in [-0.25, -0.2) is 18.6 Å². The predicted molar refractivity (Wildman–Crippen MR) is 149 cm³/mol. The highest BCUT2D eigenvalue weighted by Crippen LogP contribution is 2.34. The summed E-state index contributed by atoms with van der Waals surface area (Å²) in [6, 6.07) is 19.7. The summed E-state index contributed by atoms with van der Waals surface area (Å²) < 4.78 is 28.4. The molecule has 0 aliphatic carbocycles. The Morgan fingerprint density at radius 2 is 1.51 bits per heavy atom. The number of benzene rings is 2. The number of pyridine rings is 2. The zero-order valence-corrected chi connectivity index (χ0v) is 21.3. The number of hydrogen-bond donors (Lipinski definition) is 0. The molecule has 6 rings (SSSR count). The lowest BCUT2D eigenvalue weighted by molar-refractivity contribution is 0.578. The van der Waals surface area contributed by atoms with Gasteiger partial charge < -0.3 is 9.80 Å². The van der Waals surface area contributed by atoms with Gasteiger partial charge in [-0.2, -0.15) is 0 Å². The van der Waals surface area contributed by atoms with Crippen LogP contribution >= 0.6 is 0 Å². The number of piperazine rings is 1. The number of aromatic nitrogens is 2. The van der Waals surface area contributed by atoms with Crippen LogP contribution in [0.2, 0.25) is 0 Å². The lowest BCUT2D eigenvalue weighted by Crippen LogP contribution is -2.47. The van der Waals surface area contributed by atoms with Crippen molar-refractivity contribution < 1.29 is 8.78 Å². The van der Waals surface area contributed by atoms with E-state index in [-0.39, 0.29) is 11.6 Å². The van der Waals surface area contributed by atoms with Gasteiger partial charge in [0.15, 0.2) is 0 Å². The van der Waals surface area contributed by atoms with Crippen molar-refractivity contribution in [1.29, 1.82) is 0 Å². The number of halogens is 2. The fourth-order valence-corrected chi connectivity index (χ4v) is 5.30. The van der Waals surface area contributed by atoms with Crippen LogP contribution in [-0.4, -0.2) is 41.9 Å². The van der Waals surface area contributed by atoms with Gasteiger partial charge in [0.05, 0.1) is 18.2 Å². The third-order valence-corrected chi connectivity index (χ3v) is 7.38.